The Labute approximate surface area is 180 Å². The van der Waals surface area contributed by atoms with Gasteiger partial charge < -0.3 is 9.47 Å². The van der Waals surface area contributed by atoms with Crippen LogP contribution in [-0.2, 0) is 29.3 Å². The van der Waals surface area contributed by atoms with Crippen LogP contribution in [0.3, 0.4) is 0 Å². The predicted octanol–water partition coefficient (Wildman–Crippen LogP) is 4.21. The molecule has 0 saturated carbocycles. The molecule has 0 spiro atoms. The SMILES string of the molecule is C=C(C)C(=O)OCC(=O)OC(=O)C(c1ccccc1)(c1ccccc1)c1ccccc1. The second-order valence-corrected chi connectivity index (χ2v) is 6.97. The molecule has 0 unspecified atom stereocenters. The number of hydrogen-bond acceptors (Lipinski definition) is 5. The van der Waals surface area contributed by atoms with Crippen molar-refractivity contribution in [1.82, 2.24) is 0 Å². The second-order valence-electron chi connectivity index (χ2n) is 6.97. The van der Waals surface area contributed by atoms with Gasteiger partial charge in [0.05, 0.1) is 0 Å². The Kier molecular flexibility index (Phi) is 6.78. The van der Waals surface area contributed by atoms with Crippen LogP contribution in [0.25, 0.3) is 0 Å². The molecule has 0 radical (unpaired) electrons. The van der Waals surface area contributed by atoms with Crippen molar-refractivity contribution in [3.63, 3.8) is 0 Å². The van der Waals surface area contributed by atoms with Crippen molar-refractivity contribution in [3.05, 3.63) is 120 Å². The summed E-state index contributed by atoms with van der Waals surface area (Å²) in [4.78, 5) is 37.6. The molecule has 0 aliphatic carbocycles. The molecule has 0 heterocycles. The monoisotopic (exact) mass is 414 g/mol. The minimum atomic E-state index is -1.39. The zero-order chi connectivity index (χ0) is 22.3. The molecule has 3 rings (SSSR count). The number of rotatable bonds is 7. The third-order valence-corrected chi connectivity index (χ3v) is 4.80. The van der Waals surface area contributed by atoms with Gasteiger partial charge in [-0.2, -0.15) is 0 Å². The zero-order valence-electron chi connectivity index (χ0n) is 17.1. The highest BCUT2D eigenvalue weighted by atomic mass is 16.6. The maximum atomic E-state index is 13.7. The fourth-order valence-corrected chi connectivity index (χ4v) is 3.38. The smallest absolute Gasteiger partial charge is 0.351 e. The lowest BCUT2D eigenvalue weighted by Gasteiger charge is -2.33. The lowest BCUT2D eigenvalue weighted by atomic mass is 9.69. The lowest BCUT2D eigenvalue weighted by Crippen LogP contribution is -2.41. The van der Waals surface area contributed by atoms with E-state index < -0.39 is 29.9 Å². The molecule has 0 aliphatic rings. The molecule has 5 heteroatoms. The van der Waals surface area contributed by atoms with Crippen LogP contribution in [0.15, 0.2) is 103 Å². The van der Waals surface area contributed by atoms with Crippen LogP contribution in [0.2, 0.25) is 0 Å². The first-order valence-electron chi connectivity index (χ1n) is 9.70. The molecule has 0 atom stereocenters. The highest BCUT2D eigenvalue weighted by Crippen LogP contribution is 2.40. The molecule has 31 heavy (non-hydrogen) atoms. The molecule has 0 saturated heterocycles. The van der Waals surface area contributed by atoms with E-state index >= 15 is 0 Å². The van der Waals surface area contributed by atoms with E-state index in [4.69, 9.17) is 9.47 Å². The summed E-state index contributed by atoms with van der Waals surface area (Å²) >= 11 is 0. The van der Waals surface area contributed by atoms with Gasteiger partial charge in [-0.25, -0.2) is 14.4 Å². The summed E-state index contributed by atoms with van der Waals surface area (Å²) in [7, 11) is 0. The van der Waals surface area contributed by atoms with E-state index in [-0.39, 0.29) is 5.57 Å². The van der Waals surface area contributed by atoms with Gasteiger partial charge in [0.25, 0.3) is 0 Å². The summed E-state index contributed by atoms with van der Waals surface area (Å²) in [6.45, 7) is 4.23. The van der Waals surface area contributed by atoms with Crippen LogP contribution in [0.4, 0.5) is 0 Å². The van der Waals surface area contributed by atoms with Crippen molar-refractivity contribution in [2.75, 3.05) is 6.61 Å². The van der Waals surface area contributed by atoms with Gasteiger partial charge in [0.2, 0.25) is 0 Å². The fourth-order valence-electron chi connectivity index (χ4n) is 3.38. The number of ether oxygens (including phenoxy) is 2. The van der Waals surface area contributed by atoms with E-state index in [1.54, 1.807) is 0 Å². The molecular formula is C26H22O5. The Hall–Kier alpha value is -3.99. The van der Waals surface area contributed by atoms with Gasteiger partial charge >= 0.3 is 17.9 Å². The zero-order valence-corrected chi connectivity index (χ0v) is 17.1. The fraction of sp³-hybridized carbons (Fsp3) is 0.115. The molecule has 5 nitrogen and oxygen atoms in total. The second kappa shape index (κ2) is 9.67. The largest absolute Gasteiger partial charge is 0.450 e. The van der Waals surface area contributed by atoms with E-state index in [0.29, 0.717) is 16.7 Å². The van der Waals surface area contributed by atoms with E-state index in [9.17, 15) is 14.4 Å². The van der Waals surface area contributed by atoms with Crippen molar-refractivity contribution in [3.8, 4) is 0 Å². The van der Waals surface area contributed by atoms with E-state index in [0.717, 1.165) is 0 Å². The third kappa shape index (κ3) is 4.61. The highest BCUT2D eigenvalue weighted by molar-refractivity contribution is 5.99. The van der Waals surface area contributed by atoms with Crippen molar-refractivity contribution in [2.45, 2.75) is 12.3 Å². The maximum Gasteiger partial charge on any atom is 0.351 e. The maximum absolute atomic E-state index is 13.7. The van der Waals surface area contributed by atoms with Gasteiger partial charge in [0, 0.05) is 5.57 Å². The molecule has 0 bridgehead atoms. The standard InChI is InChI=1S/C26H22O5/c1-19(2)24(28)30-18-23(27)31-25(29)26(20-12-6-3-7-13-20,21-14-8-4-9-15-21)22-16-10-5-11-17-22/h3-17H,1,18H2,2H3. The first-order valence-corrected chi connectivity index (χ1v) is 9.70. The highest BCUT2D eigenvalue weighted by Gasteiger charge is 2.46. The predicted molar refractivity (Wildman–Crippen MR) is 116 cm³/mol. The van der Waals surface area contributed by atoms with Crippen molar-refractivity contribution < 1.29 is 23.9 Å². The van der Waals surface area contributed by atoms with Crippen LogP contribution >= 0.6 is 0 Å². The summed E-state index contributed by atoms with van der Waals surface area (Å²) in [5.74, 6) is -2.48. The lowest BCUT2D eigenvalue weighted by molar-refractivity contribution is -0.167. The average molecular weight is 414 g/mol. The van der Waals surface area contributed by atoms with Crippen LogP contribution in [-0.4, -0.2) is 24.5 Å². The van der Waals surface area contributed by atoms with Crippen molar-refractivity contribution >= 4 is 17.9 Å². The Morgan fingerprint density at radius 3 is 1.48 bits per heavy atom. The Bertz CT molecular complexity index is 976. The molecular weight excluding hydrogens is 392 g/mol. The van der Waals surface area contributed by atoms with Gasteiger partial charge in [-0.05, 0) is 23.6 Å². The first kappa shape index (κ1) is 21.7. The quantitative estimate of drug-likeness (QED) is 0.251. The van der Waals surface area contributed by atoms with Crippen LogP contribution in [0.5, 0.6) is 0 Å². The van der Waals surface area contributed by atoms with E-state index in [2.05, 4.69) is 6.58 Å². The molecule has 3 aromatic carbocycles. The summed E-state index contributed by atoms with van der Waals surface area (Å²) in [6.07, 6.45) is 0. The topological polar surface area (TPSA) is 69.7 Å². The van der Waals surface area contributed by atoms with Crippen LogP contribution < -0.4 is 0 Å². The van der Waals surface area contributed by atoms with Crippen LogP contribution in [0, 0.1) is 0 Å². The number of carbonyl (C=O) groups excluding carboxylic acids is 3. The molecule has 0 aliphatic heterocycles. The number of hydrogen-bond donors (Lipinski definition) is 0. The summed E-state index contributed by atoms with van der Waals surface area (Å²) < 4.78 is 10.1. The Morgan fingerprint density at radius 2 is 1.13 bits per heavy atom. The average Bonchev–Trinajstić information content (AvgIpc) is 2.80. The van der Waals surface area contributed by atoms with Gasteiger partial charge in [0.1, 0.15) is 5.41 Å². The molecule has 0 N–H and O–H groups in total. The summed E-state index contributed by atoms with van der Waals surface area (Å²) in [5.41, 5.74) is 0.682. The van der Waals surface area contributed by atoms with Gasteiger partial charge in [0.15, 0.2) is 6.61 Å². The normalized spacial score (nSPS) is 10.7. The van der Waals surface area contributed by atoms with E-state index in [1.165, 1.54) is 6.92 Å². The minimum Gasteiger partial charge on any atom is -0.450 e. The number of carbonyl (C=O) groups is 3. The number of benzene rings is 3. The van der Waals surface area contributed by atoms with Crippen molar-refractivity contribution in [1.29, 1.82) is 0 Å². The van der Waals surface area contributed by atoms with E-state index in [1.807, 2.05) is 91.0 Å². The molecule has 0 aromatic heterocycles. The molecule has 156 valence electrons. The Balaban J connectivity index is 2.07. The minimum absolute atomic E-state index is 0.145. The summed E-state index contributed by atoms with van der Waals surface area (Å²) in [5, 5.41) is 0. The van der Waals surface area contributed by atoms with Crippen LogP contribution in [0.1, 0.15) is 23.6 Å². The Morgan fingerprint density at radius 1 is 0.742 bits per heavy atom. The summed E-state index contributed by atoms with van der Waals surface area (Å²) in [6, 6.07) is 27.3. The first-order chi connectivity index (χ1) is 15.0. The molecule has 0 fully saturated rings. The van der Waals surface area contributed by atoms with Gasteiger partial charge in [-0.1, -0.05) is 97.6 Å². The van der Waals surface area contributed by atoms with Crippen molar-refractivity contribution in [2.24, 2.45) is 0 Å². The third-order valence-electron chi connectivity index (χ3n) is 4.80. The van der Waals surface area contributed by atoms with Gasteiger partial charge in [-0.3, -0.25) is 0 Å². The van der Waals surface area contributed by atoms with Gasteiger partial charge in [-0.15, -0.1) is 0 Å². The molecule has 0 amide bonds. The number of esters is 3. The molecule has 3 aromatic rings.